The van der Waals surface area contributed by atoms with Crippen molar-refractivity contribution < 1.29 is 14.5 Å². The van der Waals surface area contributed by atoms with Crippen molar-refractivity contribution in [2.45, 2.75) is 0 Å². The van der Waals surface area contributed by atoms with Crippen LogP contribution >= 0.6 is 0 Å². The van der Waals surface area contributed by atoms with Crippen LogP contribution in [-0.2, 0) is 9.68 Å². The highest BCUT2D eigenvalue weighted by Crippen LogP contribution is 1.77. The van der Waals surface area contributed by atoms with Gasteiger partial charge in [-0.2, -0.15) is 4.79 Å². The van der Waals surface area contributed by atoms with Crippen molar-refractivity contribution in [1.82, 2.24) is 32.2 Å². The van der Waals surface area contributed by atoms with Gasteiger partial charge in [-0.3, -0.25) is 0 Å². The number of nitrogens with one attached hydrogen (secondary N) is 6. The lowest BCUT2D eigenvalue weighted by Gasteiger charge is -2.09. The van der Waals surface area contributed by atoms with Crippen molar-refractivity contribution in [3.05, 3.63) is 0 Å². The summed E-state index contributed by atoms with van der Waals surface area (Å²) in [5.74, 6) is 0. The second-order valence-electron chi connectivity index (χ2n) is 4.82. The van der Waals surface area contributed by atoms with Gasteiger partial charge in [-0.15, -0.1) is 11.0 Å². The lowest BCUT2D eigenvalue weighted by molar-refractivity contribution is -0.0128. The summed E-state index contributed by atoms with van der Waals surface area (Å²) in [5, 5.41) is 12.7. The Hall–Kier alpha value is -1.05. The second-order valence-corrected chi connectivity index (χ2v) is 4.82. The monoisotopic (exact) mass is 350 g/mol. The van der Waals surface area contributed by atoms with Gasteiger partial charge in [-0.1, -0.05) is 0 Å². The Kier molecular flexibility index (Phi) is 19.1. The molecule has 0 spiro atoms. The molecular formula is C13H34N8O3. The molecule has 0 aromatic rings. The van der Waals surface area contributed by atoms with Crippen molar-refractivity contribution in [3.63, 3.8) is 0 Å². The summed E-state index contributed by atoms with van der Waals surface area (Å²) in [6.07, 6.45) is -0.816. The van der Waals surface area contributed by atoms with Crippen LogP contribution in [0.15, 0.2) is 0 Å². The van der Waals surface area contributed by atoms with Gasteiger partial charge in [0.25, 0.3) is 0 Å². The zero-order valence-corrected chi connectivity index (χ0v) is 14.4. The van der Waals surface area contributed by atoms with Crippen LogP contribution in [0.4, 0.5) is 4.79 Å². The standard InChI is InChI=1S/C13H34N8O3/c14-1-3-16-5-7-18-9-11-20-23-13(22)24-21-12-10-19-8-6-17-4-2-15/h16-21H,1-12,14-15H2. The van der Waals surface area contributed by atoms with Crippen molar-refractivity contribution in [2.24, 2.45) is 11.5 Å². The van der Waals surface area contributed by atoms with E-state index in [0.717, 1.165) is 39.3 Å². The predicted octanol–water partition coefficient (Wildman–Crippen LogP) is -3.58. The van der Waals surface area contributed by atoms with Crippen molar-refractivity contribution in [1.29, 1.82) is 0 Å². The van der Waals surface area contributed by atoms with Gasteiger partial charge in [0.15, 0.2) is 0 Å². The summed E-state index contributed by atoms with van der Waals surface area (Å²) in [7, 11) is 0. The van der Waals surface area contributed by atoms with E-state index in [4.69, 9.17) is 11.5 Å². The smallest absolute Gasteiger partial charge is 0.337 e. The van der Waals surface area contributed by atoms with E-state index in [2.05, 4.69) is 41.9 Å². The molecule has 0 bridgehead atoms. The summed E-state index contributed by atoms with van der Waals surface area (Å²) in [4.78, 5) is 20.5. The van der Waals surface area contributed by atoms with Crippen LogP contribution in [0.3, 0.4) is 0 Å². The summed E-state index contributed by atoms with van der Waals surface area (Å²) in [6, 6.07) is 0. The minimum Gasteiger partial charge on any atom is -0.337 e. The minimum atomic E-state index is -0.816. The number of hydrogen-bond donors (Lipinski definition) is 8. The van der Waals surface area contributed by atoms with Crippen LogP contribution in [0.2, 0.25) is 0 Å². The van der Waals surface area contributed by atoms with E-state index in [1.165, 1.54) is 0 Å². The Morgan fingerprint density at radius 1 is 0.583 bits per heavy atom. The zero-order valence-electron chi connectivity index (χ0n) is 14.4. The average Bonchev–Trinajstić information content (AvgIpc) is 2.59. The molecule has 0 aliphatic carbocycles. The van der Waals surface area contributed by atoms with E-state index in [1.54, 1.807) is 0 Å². The second kappa shape index (κ2) is 20.0. The quantitative estimate of drug-likeness (QED) is 0.0912. The molecule has 0 saturated carbocycles. The van der Waals surface area contributed by atoms with Crippen LogP contribution in [0, 0.1) is 0 Å². The molecule has 0 rings (SSSR count). The lowest BCUT2D eigenvalue weighted by Crippen LogP contribution is -2.36. The topological polar surface area (TPSA) is 160 Å². The first-order valence-corrected chi connectivity index (χ1v) is 8.37. The molecule has 11 heteroatoms. The van der Waals surface area contributed by atoms with Gasteiger partial charge in [-0.05, 0) is 0 Å². The fourth-order valence-corrected chi connectivity index (χ4v) is 1.58. The fourth-order valence-electron chi connectivity index (χ4n) is 1.58. The molecule has 0 radical (unpaired) electrons. The van der Waals surface area contributed by atoms with E-state index in [1.807, 2.05) is 0 Å². The lowest BCUT2D eigenvalue weighted by atomic mass is 10.5. The Bertz CT molecular complexity index is 250. The van der Waals surface area contributed by atoms with Gasteiger partial charge in [0.05, 0.1) is 0 Å². The number of carbonyl (C=O) groups excluding carboxylic acids is 1. The van der Waals surface area contributed by atoms with Crippen molar-refractivity contribution >= 4 is 6.16 Å². The molecule has 11 nitrogen and oxygen atoms in total. The number of rotatable bonds is 18. The Labute approximate surface area is 143 Å². The van der Waals surface area contributed by atoms with Crippen LogP contribution in [0.25, 0.3) is 0 Å². The van der Waals surface area contributed by atoms with Gasteiger partial charge in [0.2, 0.25) is 0 Å². The summed E-state index contributed by atoms with van der Waals surface area (Å²) >= 11 is 0. The highest BCUT2D eigenvalue weighted by Gasteiger charge is 2.02. The van der Waals surface area contributed by atoms with Crippen LogP contribution in [0.5, 0.6) is 0 Å². The zero-order chi connectivity index (χ0) is 17.7. The molecule has 24 heavy (non-hydrogen) atoms. The maximum absolute atomic E-state index is 11.2. The van der Waals surface area contributed by atoms with E-state index in [0.29, 0.717) is 39.3 Å². The Balaban J connectivity index is 3.13. The molecule has 0 aromatic heterocycles. The summed E-state index contributed by atoms with van der Waals surface area (Å²) < 4.78 is 0. The fraction of sp³-hybridized carbons (Fsp3) is 0.923. The van der Waals surface area contributed by atoms with Crippen LogP contribution in [0.1, 0.15) is 0 Å². The summed E-state index contributed by atoms with van der Waals surface area (Å²) in [5.41, 5.74) is 15.7. The Morgan fingerprint density at radius 3 is 1.29 bits per heavy atom. The number of nitrogens with two attached hydrogens (primary N) is 2. The SMILES string of the molecule is NCCNCCNCCNOC(=O)ONCCNCCNCCN. The molecule has 0 unspecified atom stereocenters. The third-order valence-electron chi connectivity index (χ3n) is 2.72. The third kappa shape index (κ3) is 19.0. The normalized spacial score (nSPS) is 10.8. The van der Waals surface area contributed by atoms with Crippen LogP contribution in [-0.4, -0.2) is 84.7 Å². The highest BCUT2D eigenvalue weighted by atomic mass is 16.9. The first-order chi connectivity index (χ1) is 11.8. The maximum atomic E-state index is 11.2. The number of hydroxylamine groups is 2. The van der Waals surface area contributed by atoms with E-state index >= 15 is 0 Å². The maximum Gasteiger partial charge on any atom is 0.547 e. The van der Waals surface area contributed by atoms with E-state index < -0.39 is 6.16 Å². The molecular weight excluding hydrogens is 316 g/mol. The molecule has 0 aromatic carbocycles. The van der Waals surface area contributed by atoms with Gasteiger partial charge in [-0.25, -0.2) is 0 Å². The predicted molar refractivity (Wildman–Crippen MR) is 93.2 cm³/mol. The first-order valence-electron chi connectivity index (χ1n) is 8.37. The Morgan fingerprint density at radius 2 is 0.917 bits per heavy atom. The van der Waals surface area contributed by atoms with E-state index in [9.17, 15) is 4.79 Å². The molecule has 0 amide bonds. The third-order valence-corrected chi connectivity index (χ3v) is 2.72. The molecule has 0 heterocycles. The van der Waals surface area contributed by atoms with E-state index in [-0.39, 0.29) is 0 Å². The van der Waals surface area contributed by atoms with Gasteiger partial charge < -0.3 is 42.4 Å². The molecule has 0 aliphatic heterocycles. The molecule has 0 aliphatic rings. The molecule has 0 fully saturated rings. The summed E-state index contributed by atoms with van der Waals surface area (Å²) in [6.45, 7) is 8.55. The highest BCUT2D eigenvalue weighted by molar-refractivity contribution is 5.58. The number of hydrogen-bond acceptors (Lipinski definition) is 11. The molecule has 0 atom stereocenters. The first kappa shape index (κ1) is 22.9. The van der Waals surface area contributed by atoms with Gasteiger partial charge in [0, 0.05) is 78.5 Å². The molecule has 10 N–H and O–H groups in total. The van der Waals surface area contributed by atoms with Gasteiger partial charge in [0.1, 0.15) is 0 Å². The van der Waals surface area contributed by atoms with Crippen LogP contribution < -0.4 is 43.7 Å². The van der Waals surface area contributed by atoms with Crippen molar-refractivity contribution in [3.8, 4) is 0 Å². The molecule has 0 saturated heterocycles. The largest absolute Gasteiger partial charge is 0.547 e. The molecule has 144 valence electrons. The average molecular weight is 350 g/mol. The van der Waals surface area contributed by atoms with Crippen molar-refractivity contribution in [2.75, 3.05) is 78.5 Å². The number of carbonyl (C=O) groups is 1. The minimum absolute atomic E-state index is 0.489. The van der Waals surface area contributed by atoms with Gasteiger partial charge >= 0.3 is 6.16 Å².